The van der Waals surface area contributed by atoms with Gasteiger partial charge in [-0.2, -0.15) is 0 Å². The van der Waals surface area contributed by atoms with Crippen LogP contribution in [-0.4, -0.2) is 17.5 Å². The molecule has 2 saturated carbocycles. The molecule has 0 unspecified atom stereocenters. The largest absolute Gasteiger partial charge is 0.489 e. The molecule has 164 valence electrons. The van der Waals surface area contributed by atoms with Crippen LogP contribution < -0.4 is 4.74 Å². The molecule has 0 heterocycles. The van der Waals surface area contributed by atoms with Gasteiger partial charge in [0, 0.05) is 18.4 Å². The first kappa shape index (κ1) is 20.8. The number of benzene rings is 2. The van der Waals surface area contributed by atoms with Crippen LogP contribution in [0.25, 0.3) is 0 Å². The average Bonchev–Trinajstić information content (AvgIpc) is 3.11. The smallest absolute Gasteiger partial charge is 0.139 e. The summed E-state index contributed by atoms with van der Waals surface area (Å²) in [5.74, 6) is 3.36. The molecule has 31 heavy (non-hydrogen) atoms. The molecule has 2 fully saturated rings. The molecule has 2 aromatic carbocycles. The van der Waals surface area contributed by atoms with Crippen LogP contribution in [0.15, 0.2) is 42.5 Å². The fourth-order valence-electron chi connectivity index (χ4n) is 6.67. The lowest BCUT2D eigenvalue weighted by atomic mass is 9.55. The summed E-state index contributed by atoms with van der Waals surface area (Å²) >= 11 is 0. The minimum atomic E-state index is -0.0463. The summed E-state index contributed by atoms with van der Waals surface area (Å²) in [7, 11) is 0. The first-order chi connectivity index (χ1) is 15.1. The normalized spacial score (nSPS) is 29.2. The van der Waals surface area contributed by atoms with Crippen LogP contribution in [0.3, 0.4) is 0 Å². The number of carbonyl (C=O) groups is 1. The molecular formula is C28H34O3. The van der Waals surface area contributed by atoms with Crippen LogP contribution in [0.1, 0.15) is 73.6 Å². The van der Waals surface area contributed by atoms with Crippen molar-refractivity contribution in [2.75, 3.05) is 6.61 Å². The predicted octanol–water partition coefficient (Wildman–Crippen LogP) is 5.62. The molecule has 3 nitrogen and oxygen atoms in total. The third kappa shape index (κ3) is 3.82. The summed E-state index contributed by atoms with van der Waals surface area (Å²) in [5.41, 5.74) is 5.34. The van der Waals surface area contributed by atoms with Crippen molar-refractivity contribution in [2.24, 2.45) is 17.3 Å². The number of hydrogen-bond donors (Lipinski definition) is 1. The minimum Gasteiger partial charge on any atom is -0.489 e. The molecule has 3 aliphatic carbocycles. The first-order valence-electron chi connectivity index (χ1n) is 12.1. The Hall–Kier alpha value is -2.13. The number of rotatable bonds is 6. The van der Waals surface area contributed by atoms with Crippen LogP contribution in [-0.2, 0) is 24.2 Å². The Bertz CT molecular complexity index is 947. The van der Waals surface area contributed by atoms with Gasteiger partial charge in [-0.1, -0.05) is 37.3 Å². The van der Waals surface area contributed by atoms with Crippen LogP contribution in [0.2, 0.25) is 0 Å². The molecule has 0 aromatic heterocycles. The Balaban J connectivity index is 1.25. The highest BCUT2D eigenvalue weighted by Crippen LogP contribution is 2.59. The molecular weight excluding hydrogens is 384 g/mol. The minimum absolute atomic E-state index is 0.0463. The van der Waals surface area contributed by atoms with E-state index in [1.54, 1.807) is 0 Å². The van der Waals surface area contributed by atoms with Gasteiger partial charge in [0.05, 0.1) is 0 Å². The lowest BCUT2D eigenvalue weighted by Crippen LogP contribution is -2.42. The van der Waals surface area contributed by atoms with Crippen LogP contribution in [0, 0.1) is 17.3 Å². The fraction of sp³-hybridized carbons (Fsp3) is 0.536. The van der Waals surface area contributed by atoms with Crippen molar-refractivity contribution in [1.82, 2.24) is 0 Å². The number of ketones is 1. The van der Waals surface area contributed by atoms with Gasteiger partial charge in [0.15, 0.2) is 0 Å². The van der Waals surface area contributed by atoms with Gasteiger partial charge in [-0.25, -0.2) is 0 Å². The number of Topliss-reactive ketones (excluding diaryl/α,β-unsaturated/α-hetero) is 1. The van der Waals surface area contributed by atoms with E-state index >= 15 is 0 Å². The summed E-state index contributed by atoms with van der Waals surface area (Å²) in [6.45, 7) is 3.06. The van der Waals surface area contributed by atoms with Crippen molar-refractivity contribution < 1.29 is 14.6 Å². The first-order valence-corrected chi connectivity index (χ1v) is 12.1. The lowest BCUT2D eigenvalue weighted by molar-refractivity contribution is -0.129. The molecule has 1 N–H and O–H groups in total. The number of aryl methyl sites for hydroxylation is 2. The Morgan fingerprint density at radius 1 is 1.03 bits per heavy atom. The van der Waals surface area contributed by atoms with E-state index in [0.717, 1.165) is 50.7 Å². The number of hydrogen-bond acceptors (Lipinski definition) is 3. The highest BCUT2D eigenvalue weighted by molar-refractivity contribution is 5.87. The number of aliphatic hydroxyl groups excluding tert-OH is 1. The van der Waals surface area contributed by atoms with Gasteiger partial charge in [-0.15, -0.1) is 0 Å². The number of aliphatic hydroxyl groups is 1. The maximum absolute atomic E-state index is 12.5. The molecule has 0 saturated heterocycles. The second-order valence-corrected chi connectivity index (χ2v) is 10.1. The van der Waals surface area contributed by atoms with Crippen molar-refractivity contribution in [3.8, 4) is 5.75 Å². The Kier molecular flexibility index (Phi) is 5.64. The van der Waals surface area contributed by atoms with E-state index in [-0.39, 0.29) is 12.0 Å². The standard InChI is InChI=1S/C28H34O3/c1-28-15-14-24-23-11-9-22(31-18-20-6-4-19(5-7-20)3-2-16-29)17-21(23)8-10-25(24)26(28)12-13-27(28)30/h4-7,9,11,17,24-26,29H,2-3,8,10,12-16,18H2,1H3/t24-,25-,26+,28+/m1/s1. The summed E-state index contributed by atoms with van der Waals surface area (Å²) in [4.78, 5) is 12.5. The van der Waals surface area contributed by atoms with Crippen molar-refractivity contribution in [1.29, 1.82) is 0 Å². The summed E-state index contributed by atoms with van der Waals surface area (Å²) < 4.78 is 6.13. The average molecular weight is 419 g/mol. The Labute approximate surface area is 185 Å². The molecule has 3 heteroatoms. The quantitative estimate of drug-likeness (QED) is 0.663. The summed E-state index contributed by atoms with van der Waals surface area (Å²) in [5, 5.41) is 8.97. The van der Waals surface area contributed by atoms with E-state index in [0.29, 0.717) is 30.1 Å². The van der Waals surface area contributed by atoms with E-state index in [4.69, 9.17) is 9.84 Å². The number of fused-ring (bicyclic) bond motifs is 5. The molecule has 5 rings (SSSR count). The zero-order chi connectivity index (χ0) is 21.4. The highest BCUT2D eigenvalue weighted by atomic mass is 16.5. The third-order valence-corrected chi connectivity index (χ3v) is 8.46. The number of carbonyl (C=O) groups excluding carboxylic acids is 1. The maximum atomic E-state index is 12.5. The van der Waals surface area contributed by atoms with E-state index in [2.05, 4.69) is 49.4 Å². The maximum Gasteiger partial charge on any atom is 0.139 e. The van der Waals surface area contributed by atoms with E-state index in [1.807, 2.05) is 0 Å². The van der Waals surface area contributed by atoms with Crippen molar-refractivity contribution in [2.45, 2.75) is 70.8 Å². The van der Waals surface area contributed by atoms with Gasteiger partial charge in [0.2, 0.25) is 0 Å². The fourth-order valence-corrected chi connectivity index (χ4v) is 6.67. The van der Waals surface area contributed by atoms with E-state index in [9.17, 15) is 4.79 Å². The van der Waals surface area contributed by atoms with E-state index < -0.39 is 0 Å². The van der Waals surface area contributed by atoms with Crippen LogP contribution in [0.5, 0.6) is 5.75 Å². The lowest BCUT2D eigenvalue weighted by Gasteiger charge is -2.48. The molecule has 0 radical (unpaired) electrons. The third-order valence-electron chi connectivity index (χ3n) is 8.46. The van der Waals surface area contributed by atoms with E-state index in [1.165, 1.54) is 28.7 Å². The SMILES string of the molecule is C[C@]12CC[C@@H]3c4ccc(OCc5ccc(CCCO)cc5)cc4CC[C@H]3[C@@H]1CCC2=O. The van der Waals surface area contributed by atoms with Gasteiger partial charge in [-0.05, 0) is 97.1 Å². The van der Waals surface area contributed by atoms with Gasteiger partial charge in [0.1, 0.15) is 18.1 Å². The monoisotopic (exact) mass is 418 g/mol. The predicted molar refractivity (Wildman–Crippen MR) is 122 cm³/mol. The summed E-state index contributed by atoms with van der Waals surface area (Å²) in [6, 6.07) is 15.2. The summed E-state index contributed by atoms with van der Waals surface area (Å²) in [6.07, 6.45) is 8.15. The second kappa shape index (κ2) is 8.43. The van der Waals surface area contributed by atoms with Crippen LogP contribution in [0.4, 0.5) is 0 Å². The Morgan fingerprint density at radius 3 is 2.65 bits per heavy atom. The van der Waals surface area contributed by atoms with Crippen molar-refractivity contribution >= 4 is 5.78 Å². The van der Waals surface area contributed by atoms with Crippen molar-refractivity contribution in [3.05, 3.63) is 64.7 Å². The van der Waals surface area contributed by atoms with Gasteiger partial charge in [-0.3, -0.25) is 4.79 Å². The molecule has 0 spiro atoms. The topological polar surface area (TPSA) is 46.5 Å². The Morgan fingerprint density at radius 2 is 1.84 bits per heavy atom. The van der Waals surface area contributed by atoms with Gasteiger partial charge < -0.3 is 9.84 Å². The zero-order valence-electron chi connectivity index (χ0n) is 18.6. The highest BCUT2D eigenvalue weighted by Gasteiger charge is 2.54. The molecule has 0 aliphatic heterocycles. The molecule has 2 aromatic rings. The second-order valence-electron chi connectivity index (χ2n) is 10.1. The van der Waals surface area contributed by atoms with Crippen molar-refractivity contribution in [3.63, 3.8) is 0 Å². The molecule has 0 bridgehead atoms. The molecule has 4 atom stereocenters. The van der Waals surface area contributed by atoms with Gasteiger partial charge >= 0.3 is 0 Å². The molecule has 3 aliphatic rings. The zero-order valence-corrected chi connectivity index (χ0v) is 18.6. The number of ether oxygens (including phenoxy) is 1. The van der Waals surface area contributed by atoms with Gasteiger partial charge in [0.25, 0.3) is 0 Å². The van der Waals surface area contributed by atoms with Crippen LogP contribution >= 0.6 is 0 Å². The molecule has 0 amide bonds.